The Hall–Kier alpha value is -0.120. The Morgan fingerprint density at radius 3 is 2.70 bits per heavy atom. The summed E-state index contributed by atoms with van der Waals surface area (Å²) in [6.45, 7) is 0. The van der Waals surface area contributed by atoms with Crippen LogP contribution in [0.4, 0.5) is 0 Å². The Morgan fingerprint density at radius 2 is 2.20 bits per heavy atom. The van der Waals surface area contributed by atoms with Gasteiger partial charge in [-0.05, 0) is 47.6 Å². The fourth-order valence-corrected chi connectivity index (χ4v) is 1.33. The molecule has 0 atom stereocenters. The second kappa shape index (κ2) is 2.49. The number of rotatable bonds is 1. The van der Waals surface area contributed by atoms with Crippen LogP contribution in [0.1, 0.15) is 24.5 Å². The quantitative estimate of drug-likeness (QED) is 0.693. The average Bonchev–Trinajstić information content (AvgIpc) is 2.71. The first-order valence-corrected chi connectivity index (χ1v) is 4.55. The van der Waals surface area contributed by atoms with Gasteiger partial charge in [0.1, 0.15) is 0 Å². The highest BCUT2D eigenvalue weighted by molar-refractivity contribution is 14.1. The van der Waals surface area contributed by atoms with Crippen LogP contribution in [0, 0.1) is 3.57 Å². The van der Waals surface area contributed by atoms with Crippen molar-refractivity contribution in [1.82, 2.24) is 4.98 Å². The lowest BCUT2D eigenvalue weighted by Gasteiger charge is -1.94. The molecule has 0 amide bonds. The summed E-state index contributed by atoms with van der Waals surface area (Å²) in [5.74, 6) is 0.789. The monoisotopic (exact) mass is 245 g/mol. The minimum atomic E-state index is 0.789. The third-order valence-electron chi connectivity index (χ3n) is 1.75. The van der Waals surface area contributed by atoms with E-state index in [9.17, 15) is 0 Å². The van der Waals surface area contributed by atoms with Gasteiger partial charge in [-0.2, -0.15) is 0 Å². The smallest absolute Gasteiger partial charge is 0.0435 e. The molecule has 1 saturated carbocycles. The number of hydrogen-bond donors (Lipinski definition) is 0. The molecule has 1 aliphatic carbocycles. The largest absolute Gasteiger partial charge is 0.260 e. The van der Waals surface area contributed by atoms with Crippen molar-refractivity contribution in [2.45, 2.75) is 18.8 Å². The molecule has 10 heavy (non-hydrogen) atoms. The SMILES string of the molecule is Ic1ccc(C2CC2)nc1. The van der Waals surface area contributed by atoms with Gasteiger partial charge in [0.25, 0.3) is 0 Å². The van der Waals surface area contributed by atoms with Gasteiger partial charge in [0.15, 0.2) is 0 Å². The predicted molar refractivity (Wildman–Crippen MR) is 48.9 cm³/mol. The normalized spacial score (nSPS) is 17.3. The zero-order valence-electron chi connectivity index (χ0n) is 5.55. The van der Waals surface area contributed by atoms with E-state index in [1.54, 1.807) is 0 Å². The maximum Gasteiger partial charge on any atom is 0.0435 e. The molecule has 1 heterocycles. The first-order chi connectivity index (χ1) is 4.86. The van der Waals surface area contributed by atoms with E-state index in [0.717, 1.165) is 5.92 Å². The molecule has 0 aliphatic heterocycles. The molecule has 1 fully saturated rings. The molecule has 1 nitrogen and oxygen atoms in total. The van der Waals surface area contributed by atoms with Crippen LogP contribution in [-0.4, -0.2) is 4.98 Å². The molecule has 0 radical (unpaired) electrons. The van der Waals surface area contributed by atoms with Crippen LogP contribution in [0.3, 0.4) is 0 Å². The van der Waals surface area contributed by atoms with Gasteiger partial charge in [-0.1, -0.05) is 0 Å². The molecular weight excluding hydrogens is 237 g/mol. The van der Waals surface area contributed by atoms with E-state index in [-0.39, 0.29) is 0 Å². The van der Waals surface area contributed by atoms with Crippen LogP contribution in [-0.2, 0) is 0 Å². The Balaban J connectivity index is 2.28. The molecule has 2 heteroatoms. The first-order valence-electron chi connectivity index (χ1n) is 3.48. The van der Waals surface area contributed by atoms with Gasteiger partial charge >= 0.3 is 0 Å². The number of pyridine rings is 1. The Labute approximate surface area is 74.0 Å². The molecule has 2 rings (SSSR count). The lowest BCUT2D eigenvalue weighted by molar-refractivity contribution is 1.02. The zero-order chi connectivity index (χ0) is 6.97. The minimum Gasteiger partial charge on any atom is -0.260 e. The second-order valence-corrected chi connectivity index (χ2v) is 3.92. The highest BCUT2D eigenvalue weighted by atomic mass is 127. The van der Waals surface area contributed by atoms with Crippen molar-refractivity contribution in [2.24, 2.45) is 0 Å². The van der Waals surface area contributed by atoms with Gasteiger partial charge in [-0.3, -0.25) is 4.98 Å². The molecule has 52 valence electrons. The third-order valence-corrected chi connectivity index (χ3v) is 2.38. The van der Waals surface area contributed by atoms with E-state index in [4.69, 9.17) is 0 Å². The van der Waals surface area contributed by atoms with Crippen molar-refractivity contribution in [3.8, 4) is 0 Å². The molecule has 1 aromatic rings. The highest BCUT2D eigenvalue weighted by Gasteiger charge is 2.24. The summed E-state index contributed by atoms with van der Waals surface area (Å²) in [5.41, 5.74) is 1.28. The zero-order valence-corrected chi connectivity index (χ0v) is 7.71. The van der Waals surface area contributed by atoms with Gasteiger partial charge in [-0.25, -0.2) is 0 Å². The average molecular weight is 245 g/mol. The maximum atomic E-state index is 4.33. The van der Waals surface area contributed by atoms with Crippen LogP contribution >= 0.6 is 22.6 Å². The molecule has 0 unspecified atom stereocenters. The number of aromatic nitrogens is 1. The summed E-state index contributed by atoms with van der Waals surface area (Å²) in [4.78, 5) is 4.33. The van der Waals surface area contributed by atoms with E-state index in [1.807, 2.05) is 6.20 Å². The maximum absolute atomic E-state index is 4.33. The summed E-state index contributed by atoms with van der Waals surface area (Å²) in [6, 6.07) is 4.26. The number of hydrogen-bond acceptors (Lipinski definition) is 1. The van der Waals surface area contributed by atoms with Crippen molar-refractivity contribution >= 4 is 22.6 Å². The summed E-state index contributed by atoms with van der Waals surface area (Å²) in [7, 11) is 0. The van der Waals surface area contributed by atoms with Crippen molar-refractivity contribution < 1.29 is 0 Å². The molecule has 0 bridgehead atoms. The standard InChI is InChI=1S/C8H8IN/c9-7-3-4-8(10-5-7)6-1-2-6/h3-6H,1-2H2. The Morgan fingerprint density at radius 1 is 1.40 bits per heavy atom. The summed E-state index contributed by atoms with van der Waals surface area (Å²) >= 11 is 2.28. The molecule has 0 saturated heterocycles. The van der Waals surface area contributed by atoms with Crippen LogP contribution in [0.5, 0.6) is 0 Å². The Bertz CT molecular complexity index is 226. The first kappa shape index (κ1) is 6.58. The molecule has 1 aromatic heterocycles. The summed E-state index contributed by atoms with van der Waals surface area (Å²) in [5, 5.41) is 0. The summed E-state index contributed by atoms with van der Waals surface area (Å²) in [6.07, 6.45) is 4.62. The lowest BCUT2D eigenvalue weighted by atomic mass is 10.3. The molecule has 0 aromatic carbocycles. The Kier molecular flexibility index (Phi) is 1.64. The van der Waals surface area contributed by atoms with Gasteiger partial charge in [0.2, 0.25) is 0 Å². The van der Waals surface area contributed by atoms with Crippen molar-refractivity contribution in [3.05, 3.63) is 27.6 Å². The van der Waals surface area contributed by atoms with Crippen molar-refractivity contribution in [2.75, 3.05) is 0 Å². The second-order valence-electron chi connectivity index (χ2n) is 2.68. The fourth-order valence-electron chi connectivity index (χ4n) is 1.01. The van der Waals surface area contributed by atoms with Crippen LogP contribution in [0.15, 0.2) is 18.3 Å². The van der Waals surface area contributed by atoms with Gasteiger partial charge < -0.3 is 0 Å². The molecular formula is C8H8IN. The van der Waals surface area contributed by atoms with Crippen molar-refractivity contribution in [3.63, 3.8) is 0 Å². The predicted octanol–water partition coefficient (Wildman–Crippen LogP) is 2.56. The van der Waals surface area contributed by atoms with Gasteiger partial charge in [0, 0.05) is 21.4 Å². The van der Waals surface area contributed by atoms with Crippen LogP contribution < -0.4 is 0 Å². The topological polar surface area (TPSA) is 12.9 Å². The number of nitrogens with zero attached hydrogens (tertiary/aromatic N) is 1. The van der Waals surface area contributed by atoms with Gasteiger partial charge in [-0.15, -0.1) is 0 Å². The van der Waals surface area contributed by atoms with Crippen LogP contribution in [0.25, 0.3) is 0 Å². The van der Waals surface area contributed by atoms with E-state index >= 15 is 0 Å². The lowest BCUT2D eigenvalue weighted by Crippen LogP contribution is -1.84. The van der Waals surface area contributed by atoms with E-state index in [2.05, 4.69) is 39.7 Å². The molecule has 0 spiro atoms. The number of halogens is 1. The highest BCUT2D eigenvalue weighted by Crippen LogP contribution is 2.38. The van der Waals surface area contributed by atoms with E-state index in [1.165, 1.54) is 22.1 Å². The summed E-state index contributed by atoms with van der Waals surface area (Å²) < 4.78 is 1.22. The fraction of sp³-hybridized carbons (Fsp3) is 0.375. The molecule has 0 N–H and O–H groups in total. The minimum absolute atomic E-state index is 0.789. The van der Waals surface area contributed by atoms with Gasteiger partial charge in [0.05, 0.1) is 0 Å². The third kappa shape index (κ3) is 1.31. The van der Waals surface area contributed by atoms with E-state index < -0.39 is 0 Å². The van der Waals surface area contributed by atoms with Crippen molar-refractivity contribution in [1.29, 1.82) is 0 Å². The molecule has 1 aliphatic rings. The van der Waals surface area contributed by atoms with Crippen LogP contribution in [0.2, 0.25) is 0 Å². The van der Waals surface area contributed by atoms with E-state index in [0.29, 0.717) is 0 Å².